The molecule has 19 heavy (non-hydrogen) atoms. The normalized spacial score (nSPS) is 12.5. The molecule has 0 aromatic heterocycles. The van der Waals surface area contributed by atoms with Crippen LogP contribution >= 0.6 is 27.5 Å². The predicted molar refractivity (Wildman–Crippen MR) is 76.1 cm³/mol. The Labute approximate surface area is 123 Å². The highest BCUT2D eigenvalue weighted by Gasteiger charge is 2.17. The van der Waals surface area contributed by atoms with Gasteiger partial charge in [-0.1, -0.05) is 39.7 Å². The average Bonchev–Trinajstić information content (AvgIpc) is 2.32. The van der Waals surface area contributed by atoms with E-state index in [0.717, 1.165) is 0 Å². The highest BCUT2D eigenvalue weighted by molar-refractivity contribution is 9.10. The van der Waals surface area contributed by atoms with Gasteiger partial charge >= 0.3 is 0 Å². The van der Waals surface area contributed by atoms with Crippen LogP contribution in [0.2, 0.25) is 5.02 Å². The summed E-state index contributed by atoms with van der Waals surface area (Å²) >= 11 is 9.11. The smallest absolute Gasteiger partial charge is 0.129 e. The highest BCUT2D eigenvalue weighted by Crippen LogP contribution is 2.28. The fraction of sp³-hybridized carbons (Fsp3) is 0.143. The molecule has 0 amide bonds. The van der Waals surface area contributed by atoms with Gasteiger partial charge in [0.25, 0.3) is 0 Å². The van der Waals surface area contributed by atoms with Gasteiger partial charge in [0.15, 0.2) is 0 Å². The van der Waals surface area contributed by atoms with Crippen LogP contribution in [0, 0.1) is 11.6 Å². The largest absolute Gasteiger partial charge is 0.324 e. The second-order valence-corrected chi connectivity index (χ2v) is 5.50. The molecule has 1 atom stereocenters. The van der Waals surface area contributed by atoms with Crippen LogP contribution in [-0.4, -0.2) is 0 Å². The minimum absolute atomic E-state index is 0.180. The Bertz CT molecular complexity index is 584. The molecule has 0 spiro atoms. The number of benzene rings is 2. The van der Waals surface area contributed by atoms with Crippen molar-refractivity contribution in [2.45, 2.75) is 12.5 Å². The van der Waals surface area contributed by atoms with Crippen molar-refractivity contribution < 1.29 is 8.78 Å². The monoisotopic (exact) mass is 345 g/mol. The molecular weight excluding hydrogens is 336 g/mol. The molecule has 5 heteroatoms. The van der Waals surface area contributed by atoms with E-state index in [4.69, 9.17) is 17.3 Å². The Morgan fingerprint density at radius 3 is 2.53 bits per heavy atom. The van der Waals surface area contributed by atoms with Crippen molar-refractivity contribution >= 4 is 27.5 Å². The third-order valence-corrected chi connectivity index (χ3v) is 3.65. The third-order valence-electron chi connectivity index (χ3n) is 2.83. The molecule has 0 fully saturated rings. The zero-order valence-electron chi connectivity index (χ0n) is 9.84. The van der Waals surface area contributed by atoms with Crippen LogP contribution in [0.3, 0.4) is 0 Å². The predicted octanol–water partition coefficient (Wildman–Crippen LogP) is 4.62. The van der Waals surface area contributed by atoms with E-state index in [0.29, 0.717) is 10.0 Å². The summed E-state index contributed by atoms with van der Waals surface area (Å²) in [5, 5.41) is 0.255. The van der Waals surface area contributed by atoms with Gasteiger partial charge in [-0.2, -0.15) is 0 Å². The van der Waals surface area contributed by atoms with Crippen LogP contribution in [0.15, 0.2) is 40.9 Å². The summed E-state index contributed by atoms with van der Waals surface area (Å²) in [7, 11) is 0. The standard InChI is InChI=1S/C14H11BrClF2N/c15-9-5-4-8(12(18)7-9)6-13(19)14-10(16)2-1-3-11(14)17/h1-5,7,13H,6,19H2. The van der Waals surface area contributed by atoms with Crippen molar-refractivity contribution in [1.29, 1.82) is 0 Å². The van der Waals surface area contributed by atoms with E-state index in [1.54, 1.807) is 18.2 Å². The second kappa shape index (κ2) is 5.99. The minimum atomic E-state index is -0.690. The zero-order valence-corrected chi connectivity index (χ0v) is 12.2. The van der Waals surface area contributed by atoms with E-state index in [2.05, 4.69) is 15.9 Å². The maximum atomic E-state index is 13.7. The molecule has 2 rings (SSSR count). The lowest BCUT2D eigenvalue weighted by molar-refractivity contribution is 0.563. The molecule has 100 valence electrons. The molecule has 0 heterocycles. The van der Waals surface area contributed by atoms with Crippen LogP contribution in [0.1, 0.15) is 17.2 Å². The van der Waals surface area contributed by atoms with Gasteiger partial charge in [-0.15, -0.1) is 0 Å². The van der Waals surface area contributed by atoms with Gasteiger partial charge in [-0.3, -0.25) is 0 Å². The first-order valence-corrected chi connectivity index (χ1v) is 6.79. The van der Waals surface area contributed by atoms with Gasteiger partial charge in [0.05, 0.1) is 0 Å². The van der Waals surface area contributed by atoms with Crippen molar-refractivity contribution in [3.8, 4) is 0 Å². The Kier molecular flexibility index (Phi) is 4.55. The Morgan fingerprint density at radius 2 is 1.89 bits per heavy atom. The molecule has 2 aromatic carbocycles. The maximum Gasteiger partial charge on any atom is 0.129 e. The van der Waals surface area contributed by atoms with Crippen molar-refractivity contribution in [3.05, 3.63) is 68.7 Å². The first-order chi connectivity index (χ1) is 8.99. The van der Waals surface area contributed by atoms with Crippen LogP contribution in [0.4, 0.5) is 8.78 Å². The fourth-order valence-corrected chi connectivity index (χ4v) is 2.53. The van der Waals surface area contributed by atoms with Crippen LogP contribution in [-0.2, 0) is 6.42 Å². The highest BCUT2D eigenvalue weighted by atomic mass is 79.9. The van der Waals surface area contributed by atoms with Gasteiger partial charge in [0.1, 0.15) is 11.6 Å². The van der Waals surface area contributed by atoms with E-state index < -0.39 is 11.9 Å². The van der Waals surface area contributed by atoms with Crippen molar-refractivity contribution in [2.75, 3.05) is 0 Å². The average molecular weight is 347 g/mol. The summed E-state index contributed by atoms with van der Waals surface area (Å²) in [5.41, 5.74) is 6.57. The summed E-state index contributed by atoms with van der Waals surface area (Å²) in [6.45, 7) is 0. The van der Waals surface area contributed by atoms with Crippen molar-refractivity contribution in [1.82, 2.24) is 0 Å². The number of hydrogen-bond acceptors (Lipinski definition) is 1. The maximum absolute atomic E-state index is 13.7. The lowest BCUT2D eigenvalue weighted by atomic mass is 9.99. The SMILES string of the molecule is NC(Cc1ccc(Br)cc1F)c1c(F)cccc1Cl. The summed E-state index contributed by atoms with van der Waals surface area (Å²) in [6, 6.07) is 8.36. The van der Waals surface area contributed by atoms with Gasteiger partial charge in [0, 0.05) is 21.1 Å². The lowest BCUT2D eigenvalue weighted by Gasteiger charge is -2.15. The molecule has 1 nitrogen and oxygen atoms in total. The zero-order chi connectivity index (χ0) is 14.0. The van der Waals surface area contributed by atoms with Crippen LogP contribution in [0.5, 0.6) is 0 Å². The second-order valence-electron chi connectivity index (χ2n) is 4.18. The molecule has 0 saturated carbocycles. The minimum Gasteiger partial charge on any atom is -0.324 e. The molecule has 2 aromatic rings. The Hall–Kier alpha value is -0.970. The van der Waals surface area contributed by atoms with E-state index in [-0.39, 0.29) is 22.8 Å². The summed E-state index contributed by atoms with van der Waals surface area (Å²) in [5.74, 6) is -0.852. The Morgan fingerprint density at radius 1 is 1.16 bits per heavy atom. The van der Waals surface area contributed by atoms with Crippen LogP contribution < -0.4 is 5.73 Å². The first kappa shape index (κ1) is 14.4. The third kappa shape index (κ3) is 3.32. The van der Waals surface area contributed by atoms with Gasteiger partial charge in [-0.25, -0.2) is 8.78 Å². The Balaban J connectivity index is 2.28. The van der Waals surface area contributed by atoms with Crippen molar-refractivity contribution in [2.24, 2.45) is 5.73 Å². The number of halogens is 4. The topological polar surface area (TPSA) is 26.0 Å². The molecule has 0 bridgehead atoms. The lowest BCUT2D eigenvalue weighted by Crippen LogP contribution is -2.16. The number of nitrogens with two attached hydrogens (primary N) is 1. The van der Waals surface area contributed by atoms with E-state index in [1.165, 1.54) is 18.2 Å². The van der Waals surface area contributed by atoms with Gasteiger partial charge in [0.2, 0.25) is 0 Å². The fourth-order valence-electron chi connectivity index (χ4n) is 1.89. The van der Waals surface area contributed by atoms with Crippen LogP contribution in [0.25, 0.3) is 0 Å². The summed E-state index contributed by atoms with van der Waals surface area (Å²) in [6.07, 6.45) is 0.180. The van der Waals surface area contributed by atoms with Crippen molar-refractivity contribution in [3.63, 3.8) is 0 Å². The molecular formula is C14H11BrClF2N. The molecule has 0 aliphatic heterocycles. The first-order valence-electron chi connectivity index (χ1n) is 5.62. The molecule has 0 saturated heterocycles. The van der Waals surface area contributed by atoms with Gasteiger partial charge in [-0.05, 0) is 36.2 Å². The summed E-state index contributed by atoms with van der Waals surface area (Å²) in [4.78, 5) is 0. The van der Waals surface area contributed by atoms with E-state index in [9.17, 15) is 8.78 Å². The molecule has 0 aliphatic carbocycles. The van der Waals surface area contributed by atoms with Gasteiger partial charge < -0.3 is 5.73 Å². The number of hydrogen-bond donors (Lipinski definition) is 1. The quantitative estimate of drug-likeness (QED) is 0.862. The van der Waals surface area contributed by atoms with E-state index in [1.807, 2.05) is 0 Å². The molecule has 2 N–H and O–H groups in total. The number of rotatable bonds is 3. The van der Waals surface area contributed by atoms with E-state index >= 15 is 0 Å². The molecule has 0 aliphatic rings. The molecule has 1 unspecified atom stereocenters. The summed E-state index contributed by atoms with van der Waals surface area (Å²) < 4.78 is 28.1. The molecule has 0 radical (unpaired) electrons.